The van der Waals surface area contributed by atoms with E-state index in [0.29, 0.717) is 18.3 Å². The Kier molecular flexibility index (Phi) is 7.60. The number of ether oxygens (including phenoxy) is 1. The molecule has 1 unspecified atom stereocenters. The number of tetrazole rings is 1. The van der Waals surface area contributed by atoms with Crippen LogP contribution in [0.2, 0.25) is 0 Å². The van der Waals surface area contributed by atoms with Gasteiger partial charge in [0.1, 0.15) is 12.4 Å². The van der Waals surface area contributed by atoms with Gasteiger partial charge in [-0.1, -0.05) is 63.2 Å². The van der Waals surface area contributed by atoms with E-state index in [2.05, 4.69) is 95.0 Å². The molecule has 1 atom stereocenters. The van der Waals surface area contributed by atoms with E-state index in [1.165, 1.54) is 11.1 Å². The first-order valence-corrected chi connectivity index (χ1v) is 13.2. The second-order valence-corrected chi connectivity index (χ2v) is 11.0. The quantitative estimate of drug-likeness (QED) is 0.347. The lowest BCUT2D eigenvalue weighted by molar-refractivity contribution is 0.301. The number of piperidine rings is 1. The molecule has 0 radical (unpaired) electrons. The lowest BCUT2D eigenvalue weighted by Gasteiger charge is -2.32. The third-order valence-electron chi connectivity index (χ3n) is 7.03. The molecule has 192 valence electrons. The topological polar surface area (TPSA) is 77.8 Å². The summed E-state index contributed by atoms with van der Waals surface area (Å²) >= 11 is 0. The minimum atomic E-state index is 0.0358. The Balaban J connectivity index is 1.28. The SMILES string of the molecule is CC(C)(C)C(c1ccc(OCc2ccccn2)cc1)c1ccc(-c2nnn(CC3CCNCC3)n2)cc1. The maximum atomic E-state index is 5.95. The van der Waals surface area contributed by atoms with Crippen molar-refractivity contribution in [3.63, 3.8) is 0 Å². The Hall–Kier alpha value is -3.58. The van der Waals surface area contributed by atoms with Gasteiger partial charge in [0.15, 0.2) is 0 Å². The van der Waals surface area contributed by atoms with Crippen LogP contribution >= 0.6 is 0 Å². The zero-order chi connectivity index (χ0) is 25.7. The van der Waals surface area contributed by atoms with Crippen LogP contribution in [0.25, 0.3) is 11.4 Å². The first kappa shape index (κ1) is 25.1. The second-order valence-electron chi connectivity index (χ2n) is 11.0. The molecule has 1 saturated heterocycles. The van der Waals surface area contributed by atoms with Gasteiger partial charge >= 0.3 is 0 Å². The highest BCUT2D eigenvalue weighted by Gasteiger charge is 2.28. The number of hydrogen-bond acceptors (Lipinski definition) is 6. The van der Waals surface area contributed by atoms with Crippen molar-refractivity contribution in [2.45, 2.75) is 52.7 Å². The van der Waals surface area contributed by atoms with Crippen LogP contribution in [0.4, 0.5) is 0 Å². The van der Waals surface area contributed by atoms with Gasteiger partial charge in [0.05, 0.1) is 12.2 Å². The number of pyridine rings is 1. The van der Waals surface area contributed by atoms with Gasteiger partial charge < -0.3 is 10.1 Å². The van der Waals surface area contributed by atoms with Gasteiger partial charge in [-0.25, -0.2) is 0 Å². The second kappa shape index (κ2) is 11.2. The van der Waals surface area contributed by atoms with Crippen molar-refractivity contribution in [1.29, 1.82) is 0 Å². The number of nitrogens with one attached hydrogen (secondary N) is 1. The van der Waals surface area contributed by atoms with E-state index >= 15 is 0 Å². The third-order valence-corrected chi connectivity index (χ3v) is 7.03. The van der Waals surface area contributed by atoms with E-state index in [9.17, 15) is 0 Å². The van der Waals surface area contributed by atoms with Crippen molar-refractivity contribution in [1.82, 2.24) is 30.5 Å². The fourth-order valence-corrected chi connectivity index (χ4v) is 5.15. The number of nitrogens with zero attached hydrogens (tertiary/aromatic N) is 5. The van der Waals surface area contributed by atoms with Crippen LogP contribution in [0.1, 0.15) is 56.4 Å². The fourth-order valence-electron chi connectivity index (χ4n) is 5.15. The van der Waals surface area contributed by atoms with Crippen LogP contribution in [0.15, 0.2) is 72.9 Å². The van der Waals surface area contributed by atoms with Crippen LogP contribution in [0.3, 0.4) is 0 Å². The maximum Gasteiger partial charge on any atom is 0.204 e. The van der Waals surface area contributed by atoms with E-state index < -0.39 is 0 Å². The normalized spacial score (nSPS) is 15.4. The van der Waals surface area contributed by atoms with Gasteiger partial charge in [-0.15, -0.1) is 10.2 Å². The summed E-state index contributed by atoms with van der Waals surface area (Å²) in [5.41, 5.74) is 4.47. The molecular formula is C30H36N6O. The minimum absolute atomic E-state index is 0.0358. The van der Waals surface area contributed by atoms with Crippen LogP contribution in [0, 0.1) is 11.3 Å². The highest BCUT2D eigenvalue weighted by Crippen LogP contribution is 2.41. The molecule has 0 amide bonds. The average molecular weight is 497 g/mol. The zero-order valence-corrected chi connectivity index (χ0v) is 22.0. The maximum absolute atomic E-state index is 5.95. The number of benzene rings is 2. The molecule has 2 aromatic carbocycles. The Bertz CT molecular complexity index is 1260. The Morgan fingerprint density at radius 3 is 2.30 bits per heavy atom. The summed E-state index contributed by atoms with van der Waals surface area (Å²) in [5, 5.41) is 16.7. The predicted octanol–water partition coefficient (Wildman–Crippen LogP) is 5.49. The highest BCUT2D eigenvalue weighted by molar-refractivity contribution is 5.55. The molecule has 1 fully saturated rings. The van der Waals surface area contributed by atoms with Crippen molar-refractivity contribution in [2.75, 3.05) is 13.1 Å². The van der Waals surface area contributed by atoms with Crippen LogP contribution in [-0.2, 0) is 13.2 Å². The monoisotopic (exact) mass is 496 g/mol. The van der Waals surface area contributed by atoms with E-state index in [-0.39, 0.29) is 11.3 Å². The largest absolute Gasteiger partial charge is 0.487 e. The lowest BCUT2D eigenvalue weighted by atomic mass is 9.72. The number of aromatic nitrogens is 5. The molecule has 37 heavy (non-hydrogen) atoms. The summed E-state index contributed by atoms with van der Waals surface area (Å²) in [5.74, 6) is 2.37. The Morgan fingerprint density at radius 1 is 0.946 bits per heavy atom. The first-order chi connectivity index (χ1) is 18.0. The van der Waals surface area contributed by atoms with Gasteiger partial charge in [0.2, 0.25) is 5.82 Å². The van der Waals surface area contributed by atoms with Crippen molar-refractivity contribution in [2.24, 2.45) is 11.3 Å². The molecule has 0 spiro atoms. The summed E-state index contributed by atoms with van der Waals surface area (Å²) in [7, 11) is 0. The lowest BCUT2D eigenvalue weighted by Crippen LogP contribution is -2.30. The molecule has 0 bridgehead atoms. The summed E-state index contributed by atoms with van der Waals surface area (Å²) in [4.78, 5) is 6.09. The minimum Gasteiger partial charge on any atom is -0.487 e. The van der Waals surface area contributed by atoms with Gasteiger partial charge in [-0.05, 0) is 77.9 Å². The molecule has 0 aliphatic carbocycles. The van der Waals surface area contributed by atoms with E-state index in [0.717, 1.165) is 49.5 Å². The summed E-state index contributed by atoms with van der Waals surface area (Å²) in [6, 6.07) is 22.9. The predicted molar refractivity (Wildman–Crippen MR) is 145 cm³/mol. The average Bonchev–Trinajstić information content (AvgIpc) is 3.37. The standard InChI is InChI=1S/C30H36N6O/c1-30(2,3)28(24-11-13-27(14-12-24)37-21-26-6-4-5-17-32-26)23-7-9-25(10-8-23)29-33-35-36(34-29)20-22-15-18-31-19-16-22/h4-14,17,22,28,31H,15-16,18-21H2,1-3H3. The number of hydrogen-bond donors (Lipinski definition) is 1. The molecular weight excluding hydrogens is 460 g/mol. The molecule has 0 saturated carbocycles. The van der Waals surface area contributed by atoms with E-state index in [1.807, 2.05) is 18.2 Å². The molecule has 5 rings (SSSR count). The van der Waals surface area contributed by atoms with Gasteiger partial charge in [-0.3, -0.25) is 4.98 Å². The molecule has 7 nitrogen and oxygen atoms in total. The summed E-state index contributed by atoms with van der Waals surface area (Å²) < 4.78 is 5.95. The van der Waals surface area contributed by atoms with Gasteiger partial charge in [0, 0.05) is 17.7 Å². The van der Waals surface area contributed by atoms with E-state index in [1.54, 1.807) is 11.0 Å². The van der Waals surface area contributed by atoms with Crippen LogP contribution in [-0.4, -0.2) is 38.3 Å². The summed E-state index contributed by atoms with van der Waals surface area (Å²) in [6.45, 7) is 10.3. The Labute approximate surface area is 219 Å². The van der Waals surface area contributed by atoms with E-state index in [4.69, 9.17) is 4.74 Å². The molecule has 1 aliphatic heterocycles. The first-order valence-electron chi connectivity index (χ1n) is 13.2. The molecule has 1 aliphatic rings. The van der Waals surface area contributed by atoms with Crippen molar-refractivity contribution >= 4 is 0 Å². The van der Waals surface area contributed by atoms with Crippen molar-refractivity contribution in [3.8, 4) is 17.1 Å². The highest BCUT2D eigenvalue weighted by atomic mass is 16.5. The zero-order valence-electron chi connectivity index (χ0n) is 22.0. The molecule has 7 heteroatoms. The molecule has 4 aromatic rings. The number of rotatable bonds is 8. The van der Waals surface area contributed by atoms with Crippen LogP contribution in [0.5, 0.6) is 5.75 Å². The summed E-state index contributed by atoms with van der Waals surface area (Å²) in [6.07, 6.45) is 4.11. The molecule has 2 aromatic heterocycles. The molecule has 3 heterocycles. The van der Waals surface area contributed by atoms with Crippen molar-refractivity contribution < 1.29 is 4.74 Å². The van der Waals surface area contributed by atoms with Gasteiger partial charge in [-0.2, -0.15) is 4.80 Å². The Morgan fingerprint density at radius 2 is 1.65 bits per heavy atom. The van der Waals surface area contributed by atoms with Gasteiger partial charge in [0.25, 0.3) is 0 Å². The van der Waals surface area contributed by atoms with Crippen molar-refractivity contribution in [3.05, 3.63) is 89.7 Å². The smallest absolute Gasteiger partial charge is 0.204 e. The molecule has 1 N–H and O–H groups in total. The fraction of sp³-hybridized carbons (Fsp3) is 0.400. The third kappa shape index (κ3) is 6.41. The van der Waals surface area contributed by atoms with Crippen LogP contribution < -0.4 is 10.1 Å².